The van der Waals surface area contributed by atoms with E-state index in [4.69, 9.17) is 19.0 Å². The lowest BCUT2D eigenvalue weighted by molar-refractivity contribution is 0.0481. The Morgan fingerprint density at radius 3 is 2.12 bits per heavy atom. The van der Waals surface area contributed by atoms with Crippen molar-refractivity contribution in [1.82, 2.24) is 0 Å². The van der Waals surface area contributed by atoms with Crippen LogP contribution in [0.4, 0.5) is 0 Å². The molecule has 2 rings (SSSR count). The van der Waals surface area contributed by atoms with Gasteiger partial charge in [0.25, 0.3) is 0 Å². The number of hydrogen-bond acceptors (Lipinski definition) is 7. The summed E-state index contributed by atoms with van der Waals surface area (Å²) in [6.45, 7) is 3.50. The molecule has 2 aromatic rings. The third-order valence-corrected chi connectivity index (χ3v) is 4.14. The molecule has 0 saturated carbocycles. The summed E-state index contributed by atoms with van der Waals surface area (Å²) in [5.74, 6) is -1.39. The lowest BCUT2D eigenvalue weighted by atomic mass is 10.1. The highest BCUT2D eigenvalue weighted by molar-refractivity contribution is 7.89. The van der Waals surface area contributed by atoms with Gasteiger partial charge in [-0.15, -0.1) is 0 Å². The molecule has 1 aromatic heterocycles. The predicted octanol–water partition coefficient (Wildman–Crippen LogP) is 1.95. The standard InChI is InChI=1S/C16H17NO7S/c1-3-22-15(18)12-9-24-14(13(12)16(19)23-4-2)10-5-7-11(8-6-10)25(17,20)21/h5-9H,3-4H2,1-2H3,(H2,17,20,21). The molecule has 0 spiro atoms. The van der Waals surface area contributed by atoms with Gasteiger partial charge in [-0.05, 0) is 38.1 Å². The van der Waals surface area contributed by atoms with Crippen LogP contribution in [0.1, 0.15) is 34.6 Å². The molecule has 0 atom stereocenters. The predicted molar refractivity (Wildman–Crippen MR) is 87.4 cm³/mol. The first-order valence-corrected chi connectivity index (χ1v) is 8.93. The van der Waals surface area contributed by atoms with Crippen LogP contribution in [0.2, 0.25) is 0 Å². The van der Waals surface area contributed by atoms with Crippen LogP contribution in [0.25, 0.3) is 11.3 Å². The molecule has 1 aromatic carbocycles. The smallest absolute Gasteiger partial charge is 0.342 e. The number of primary sulfonamides is 1. The van der Waals surface area contributed by atoms with Gasteiger partial charge in [0.05, 0.1) is 18.1 Å². The third-order valence-electron chi connectivity index (χ3n) is 3.21. The largest absolute Gasteiger partial charge is 0.462 e. The molecule has 9 heteroatoms. The van der Waals surface area contributed by atoms with Crippen molar-refractivity contribution in [3.8, 4) is 11.3 Å². The van der Waals surface area contributed by atoms with Gasteiger partial charge in [0.2, 0.25) is 10.0 Å². The summed E-state index contributed by atoms with van der Waals surface area (Å²) in [4.78, 5) is 24.2. The Balaban J connectivity index is 2.53. The van der Waals surface area contributed by atoms with Crippen LogP contribution in [0.5, 0.6) is 0 Å². The zero-order valence-corrected chi connectivity index (χ0v) is 14.5. The quantitative estimate of drug-likeness (QED) is 0.773. The summed E-state index contributed by atoms with van der Waals surface area (Å²) >= 11 is 0. The maximum Gasteiger partial charge on any atom is 0.342 e. The van der Waals surface area contributed by atoms with E-state index < -0.39 is 22.0 Å². The van der Waals surface area contributed by atoms with E-state index in [0.717, 1.165) is 6.26 Å². The van der Waals surface area contributed by atoms with E-state index in [0.29, 0.717) is 5.56 Å². The Morgan fingerprint density at radius 2 is 1.60 bits per heavy atom. The van der Waals surface area contributed by atoms with Crippen LogP contribution >= 0.6 is 0 Å². The molecular weight excluding hydrogens is 350 g/mol. The molecule has 0 aliphatic carbocycles. The highest BCUT2D eigenvalue weighted by Crippen LogP contribution is 2.30. The zero-order chi connectivity index (χ0) is 18.6. The van der Waals surface area contributed by atoms with Crippen LogP contribution in [0.15, 0.2) is 39.8 Å². The SMILES string of the molecule is CCOC(=O)c1coc(-c2ccc(S(N)(=O)=O)cc2)c1C(=O)OCC. The Labute approximate surface area is 144 Å². The molecule has 2 N–H and O–H groups in total. The molecule has 134 valence electrons. The number of carbonyl (C=O) groups excluding carboxylic acids is 2. The maximum absolute atomic E-state index is 12.2. The molecular formula is C16H17NO7S. The van der Waals surface area contributed by atoms with Crippen molar-refractivity contribution in [2.75, 3.05) is 13.2 Å². The van der Waals surface area contributed by atoms with Crippen LogP contribution in [-0.2, 0) is 19.5 Å². The fourth-order valence-corrected chi connectivity index (χ4v) is 2.65. The average Bonchev–Trinajstić information content (AvgIpc) is 2.99. The molecule has 0 saturated heterocycles. The molecule has 0 amide bonds. The highest BCUT2D eigenvalue weighted by atomic mass is 32.2. The lowest BCUT2D eigenvalue weighted by Crippen LogP contribution is -2.13. The third kappa shape index (κ3) is 4.06. The van der Waals surface area contributed by atoms with E-state index in [-0.39, 0.29) is 35.0 Å². The van der Waals surface area contributed by atoms with Crippen LogP contribution in [0.3, 0.4) is 0 Å². The second-order valence-corrected chi connectivity index (χ2v) is 6.43. The lowest BCUT2D eigenvalue weighted by Gasteiger charge is -2.06. The first-order chi connectivity index (χ1) is 11.8. The Hall–Kier alpha value is -2.65. The molecule has 8 nitrogen and oxygen atoms in total. The van der Waals surface area contributed by atoms with Gasteiger partial charge in [0.15, 0.2) is 0 Å². The van der Waals surface area contributed by atoms with Gasteiger partial charge in [-0.25, -0.2) is 23.1 Å². The number of rotatable bonds is 6. The normalized spacial score (nSPS) is 11.2. The molecule has 0 bridgehead atoms. The minimum Gasteiger partial charge on any atom is -0.462 e. The number of furan rings is 1. The molecule has 0 aliphatic rings. The second-order valence-electron chi connectivity index (χ2n) is 4.86. The number of ether oxygens (including phenoxy) is 2. The highest BCUT2D eigenvalue weighted by Gasteiger charge is 2.28. The molecule has 0 unspecified atom stereocenters. The minimum atomic E-state index is -3.85. The Morgan fingerprint density at radius 1 is 1.04 bits per heavy atom. The van der Waals surface area contributed by atoms with Gasteiger partial charge in [-0.2, -0.15) is 0 Å². The Bertz CT molecular complexity index is 882. The molecule has 0 radical (unpaired) electrons. The molecule has 0 fully saturated rings. The topological polar surface area (TPSA) is 126 Å². The van der Waals surface area contributed by atoms with Crippen molar-refractivity contribution in [2.45, 2.75) is 18.7 Å². The number of benzene rings is 1. The van der Waals surface area contributed by atoms with Crippen LogP contribution in [-0.4, -0.2) is 33.6 Å². The summed E-state index contributed by atoms with van der Waals surface area (Å²) in [7, 11) is -3.85. The number of carbonyl (C=O) groups is 2. The van der Waals surface area contributed by atoms with Crippen molar-refractivity contribution in [1.29, 1.82) is 0 Å². The first kappa shape index (κ1) is 18.7. The summed E-state index contributed by atoms with van der Waals surface area (Å²) in [5.41, 5.74) is 0.237. The maximum atomic E-state index is 12.2. The van der Waals surface area contributed by atoms with E-state index in [9.17, 15) is 18.0 Å². The number of esters is 2. The van der Waals surface area contributed by atoms with Gasteiger partial charge in [-0.1, -0.05) is 0 Å². The Kier molecular flexibility index (Phi) is 5.60. The summed E-state index contributed by atoms with van der Waals surface area (Å²) in [6.07, 6.45) is 1.10. The van der Waals surface area contributed by atoms with Crippen LogP contribution in [0, 0.1) is 0 Å². The number of nitrogens with two attached hydrogens (primary N) is 1. The van der Waals surface area contributed by atoms with E-state index >= 15 is 0 Å². The van der Waals surface area contributed by atoms with E-state index in [2.05, 4.69) is 0 Å². The summed E-state index contributed by atoms with van der Waals surface area (Å²) in [5, 5.41) is 5.05. The summed E-state index contributed by atoms with van der Waals surface area (Å²) in [6, 6.07) is 5.37. The van der Waals surface area contributed by atoms with Crippen molar-refractivity contribution in [3.63, 3.8) is 0 Å². The van der Waals surface area contributed by atoms with E-state index in [1.54, 1.807) is 13.8 Å². The van der Waals surface area contributed by atoms with E-state index in [1.807, 2.05) is 0 Å². The van der Waals surface area contributed by atoms with Gasteiger partial charge in [0.1, 0.15) is 23.2 Å². The molecule has 0 aliphatic heterocycles. The average molecular weight is 367 g/mol. The van der Waals surface area contributed by atoms with Crippen LogP contribution < -0.4 is 5.14 Å². The zero-order valence-electron chi connectivity index (χ0n) is 13.6. The minimum absolute atomic E-state index is 0.0641. The van der Waals surface area contributed by atoms with E-state index in [1.165, 1.54) is 24.3 Å². The van der Waals surface area contributed by atoms with Gasteiger partial charge in [-0.3, -0.25) is 0 Å². The number of hydrogen-bond donors (Lipinski definition) is 1. The monoisotopic (exact) mass is 367 g/mol. The molecule has 1 heterocycles. The van der Waals surface area contributed by atoms with Crippen molar-refractivity contribution >= 4 is 22.0 Å². The van der Waals surface area contributed by atoms with Crippen molar-refractivity contribution in [2.24, 2.45) is 5.14 Å². The van der Waals surface area contributed by atoms with Crippen molar-refractivity contribution < 1.29 is 31.9 Å². The second kappa shape index (κ2) is 7.49. The van der Waals surface area contributed by atoms with Gasteiger partial charge >= 0.3 is 11.9 Å². The van der Waals surface area contributed by atoms with Gasteiger partial charge < -0.3 is 13.9 Å². The number of sulfonamides is 1. The summed E-state index contributed by atoms with van der Waals surface area (Å²) < 4.78 is 37.9. The fraction of sp³-hybridized carbons (Fsp3) is 0.250. The van der Waals surface area contributed by atoms with Gasteiger partial charge in [0, 0.05) is 5.56 Å². The molecule has 25 heavy (non-hydrogen) atoms. The fourth-order valence-electron chi connectivity index (χ4n) is 2.13. The first-order valence-electron chi connectivity index (χ1n) is 7.38. The van der Waals surface area contributed by atoms with Crippen molar-refractivity contribution in [3.05, 3.63) is 41.7 Å².